The molecule has 3 heteroatoms. The Morgan fingerprint density at radius 1 is 1.06 bits per heavy atom. The predicted octanol–water partition coefficient (Wildman–Crippen LogP) is 3.21. The number of carbonyl (C=O) groups is 1. The molecule has 0 saturated carbocycles. The average molecular weight is 254 g/mol. The smallest absolute Gasteiger partial charge is 0.269 e. The molecule has 0 aliphatic carbocycles. The van der Waals surface area contributed by atoms with E-state index in [9.17, 15) is 4.79 Å². The van der Waals surface area contributed by atoms with Gasteiger partial charge in [-0.05, 0) is 18.2 Å². The molecule has 0 bridgehead atoms. The van der Waals surface area contributed by atoms with Gasteiger partial charge in [0.2, 0.25) is 5.52 Å². The lowest BCUT2D eigenvalue weighted by Crippen LogP contribution is -2.28. The molecular formula is C15H12NOS+. The maximum atomic E-state index is 10.7. The van der Waals surface area contributed by atoms with Crippen molar-refractivity contribution < 1.29 is 9.36 Å². The lowest BCUT2D eigenvalue weighted by molar-refractivity contribution is -0.629. The SMILES string of the molecule is C[n+]1c(-c2ccc(C=O)cc2)sc2ccccc21. The second-order valence-corrected chi connectivity index (χ2v) is 5.20. The van der Waals surface area contributed by atoms with E-state index in [4.69, 9.17) is 0 Å². The third-order valence-corrected chi connectivity index (χ3v) is 4.30. The minimum Gasteiger partial charge on any atom is -0.298 e. The summed E-state index contributed by atoms with van der Waals surface area (Å²) in [5, 5.41) is 1.20. The van der Waals surface area contributed by atoms with Crippen molar-refractivity contribution in [1.29, 1.82) is 0 Å². The number of para-hydroxylation sites is 1. The van der Waals surface area contributed by atoms with Crippen LogP contribution in [0.25, 0.3) is 20.8 Å². The summed E-state index contributed by atoms with van der Waals surface area (Å²) < 4.78 is 3.46. The molecule has 3 aromatic rings. The summed E-state index contributed by atoms with van der Waals surface area (Å²) in [5.74, 6) is 0. The Labute approximate surface area is 109 Å². The number of carbonyl (C=O) groups excluding carboxylic acids is 1. The van der Waals surface area contributed by atoms with E-state index in [0.717, 1.165) is 11.8 Å². The van der Waals surface area contributed by atoms with Crippen molar-refractivity contribution in [1.82, 2.24) is 0 Å². The lowest BCUT2D eigenvalue weighted by Gasteiger charge is -1.95. The Bertz CT molecular complexity index is 713. The monoisotopic (exact) mass is 254 g/mol. The number of hydrogen-bond donors (Lipinski definition) is 0. The van der Waals surface area contributed by atoms with Crippen LogP contribution in [0.3, 0.4) is 0 Å². The van der Waals surface area contributed by atoms with Crippen molar-refractivity contribution in [2.24, 2.45) is 7.05 Å². The normalized spacial score (nSPS) is 10.7. The third kappa shape index (κ3) is 1.73. The van der Waals surface area contributed by atoms with Crippen molar-refractivity contribution in [3.8, 4) is 10.6 Å². The van der Waals surface area contributed by atoms with Crippen LogP contribution in [0.1, 0.15) is 10.4 Å². The summed E-state index contributed by atoms with van der Waals surface area (Å²) in [4.78, 5) is 10.7. The van der Waals surface area contributed by atoms with Crippen LogP contribution in [-0.2, 0) is 7.05 Å². The average Bonchev–Trinajstić information content (AvgIpc) is 2.77. The number of fused-ring (bicyclic) bond motifs is 1. The zero-order valence-corrected chi connectivity index (χ0v) is 10.8. The number of aryl methyl sites for hydroxylation is 1. The van der Waals surface area contributed by atoms with Gasteiger partial charge in [0.1, 0.15) is 18.0 Å². The summed E-state index contributed by atoms with van der Waals surface area (Å²) in [6.45, 7) is 0. The van der Waals surface area contributed by atoms with Gasteiger partial charge in [-0.15, -0.1) is 0 Å². The number of hydrogen-bond acceptors (Lipinski definition) is 2. The van der Waals surface area contributed by atoms with E-state index in [1.54, 1.807) is 11.3 Å². The third-order valence-electron chi connectivity index (χ3n) is 3.03. The standard InChI is InChI=1S/C15H12NOS/c1-16-13-4-2-3-5-14(13)18-15(16)12-8-6-11(10-17)7-9-12/h2-10H,1H3/q+1. The van der Waals surface area contributed by atoms with Crippen LogP contribution < -0.4 is 4.57 Å². The van der Waals surface area contributed by atoms with Crippen LogP contribution in [0.5, 0.6) is 0 Å². The molecular weight excluding hydrogens is 242 g/mol. The molecule has 0 radical (unpaired) electrons. The molecule has 1 heterocycles. The highest BCUT2D eigenvalue weighted by atomic mass is 32.1. The molecule has 0 atom stereocenters. The molecule has 0 spiro atoms. The minimum absolute atomic E-state index is 0.711. The summed E-state index contributed by atoms with van der Waals surface area (Å²) in [5.41, 5.74) is 3.09. The van der Waals surface area contributed by atoms with E-state index in [2.05, 4.69) is 29.8 Å². The number of aldehydes is 1. The summed E-state index contributed by atoms with van der Waals surface area (Å²) in [7, 11) is 2.07. The highest BCUT2D eigenvalue weighted by Gasteiger charge is 2.17. The van der Waals surface area contributed by atoms with Gasteiger partial charge in [-0.1, -0.05) is 35.6 Å². The Kier molecular flexibility index (Phi) is 2.68. The van der Waals surface area contributed by atoms with Crippen LogP contribution in [0.15, 0.2) is 48.5 Å². The first kappa shape index (κ1) is 11.1. The Morgan fingerprint density at radius 3 is 2.44 bits per heavy atom. The molecule has 0 amide bonds. The highest BCUT2D eigenvalue weighted by molar-refractivity contribution is 7.21. The number of aromatic nitrogens is 1. The Balaban J connectivity index is 2.18. The van der Waals surface area contributed by atoms with E-state index < -0.39 is 0 Å². The van der Waals surface area contributed by atoms with Crippen LogP contribution in [0.2, 0.25) is 0 Å². The molecule has 0 aliphatic heterocycles. The van der Waals surface area contributed by atoms with E-state index in [1.807, 2.05) is 30.3 Å². The number of nitrogens with zero attached hydrogens (tertiary/aromatic N) is 1. The van der Waals surface area contributed by atoms with Gasteiger partial charge in [0.25, 0.3) is 5.01 Å². The first-order chi connectivity index (χ1) is 8.79. The van der Waals surface area contributed by atoms with Crippen molar-refractivity contribution in [2.45, 2.75) is 0 Å². The van der Waals surface area contributed by atoms with Gasteiger partial charge in [0, 0.05) is 11.6 Å². The van der Waals surface area contributed by atoms with Crippen LogP contribution >= 0.6 is 11.3 Å². The van der Waals surface area contributed by atoms with Gasteiger partial charge in [-0.25, -0.2) is 0 Å². The fourth-order valence-electron chi connectivity index (χ4n) is 2.06. The number of thiazole rings is 1. The first-order valence-corrected chi connectivity index (χ1v) is 6.54. The fourth-order valence-corrected chi connectivity index (χ4v) is 3.21. The predicted molar refractivity (Wildman–Crippen MR) is 73.8 cm³/mol. The zero-order valence-electron chi connectivity index (χ0n) is 9.96. The van der Waals surface area contributed by atoms with E-state index in [-0.39, 0.29) is 0 Å². The van der Waals surface area contributed by atoms with Gasteiger partial charge in [-0.2, -0.15) is 4.57 Å². The molecule has 0 aliphatic rings. The Morgan fingerprint density at radius 2 is 1.78 bits per heavy atom. The van der Waals surface area contributed by atoms with Crippen LogP contribution in [0.4, 0.5) is 0 Å². The second-order valence-electron chi connectivity index (χ2n) is 4.17. The van der Waals surface area contributed by atoms with Gasteiger partial charge < -0.3 is 0 Å². The van der Waals surface area contributed by atoms with Gasteiger partial charge in [-0.3, -0.25) is 4.79 Å². The van der Waals surface area contributed by atoms with Crippen molar-refractivity contribution in [3.05, 3.63) is 54.1 Å². The second kappa shape index (κ2) is 4.35. The molecule has 0 saturated heterocycles. The molecule has 1 aromatic heterocycles. The molecule has 3 rings (SSSR count). The Hall–Kier alpha value is -2.00. The zero-order chi connectivity index (χ0) is 12.5. The highest BCUT2D eigenvalue weighted by Crippen LogP contribution is 2.27. The number of rotatable bonds is 2. The van der Waals surface area contributed by atoms with Gasteiger partial charge >= 0.3 is 0 Å². The number of benzene rings is 2. The molecule has 18 heavy (non-hydrogen) atoms. The fraction of sp³-hybridized carbons (Fsp3) is 0.0667. The molecule has 2 nitrogen and oxygen atoms in total. The molecule has 88 valence electrons. The largest absolute Gasteiger partial charge is 0.298 e. The lowest BCUT2D eigenvalue weighted by atomic mass is 10.1. The van der Waals surface area contributed by atoms with Crippen LogP contribution in [0, 0.1) is 0 Å². The van der Waals surface area contributed by atoms with Gasteiger partial charge in [0.15, 0.2) is 0 Å². The van der Waals surface area contributed by atoms with Crippen LogP contribution in [-0.4, -0.2) is 6.29 Å². The summed E-state index contributed by atoms with van der Waals surface area (Å²) in [6.07, 6.45) is 0.870. The molecule has 0 unspecified atom stereocenters. The summed E-state index contributed by atoms with van der Waals surface area (Å²) in [6, 6.07) is 16.0. The molecule has 2 aromatic carbocycles. The maximum absolute atomic E-state index is 10.7. The summed E-state index contributed by atoms with van der Waals surface area (Å²) >= 11 is 1.77. The van der Waals surface area contributed by atoms with Gasteiger partial charge in [0.05, 0.1) is 5.56 Å². The van der Waals surface area contributed by atoms with Crippen molar-refractivity contribution in [2.75, 3.05) is 0 Å². The molecule has 0 fully saturated rings. The maximum Gasteiger partial charge on any atom is 0.269 e. The topological polar surface area (TPSA) is 20.9 Å². The van der Waals surface area contributed by atoms with E-state index in [0.29, 0.717) is 5.56 Å². The van der Waals surface area contributed by atoms with E-state index >= 15 is 0 Å². The first-order valence-electron chi connectivity index (χ1n) is 5.73. The van der Waals surface area contributed by atoms with E-state index in [1.165, 1.54) is 15.2 Å². The minimum atomic E-state index is 0.711. The van der Waals surface area contributed by atoms with Crippen molar-refractivity contribution in [3.63, 3.8) is 0 Å². The molecule has 0 N–H and O–H groups in total. The van der Waals surface area contributed by atoms with Crippen molar-refractivity contribution >= 4 is 27.8 Å². The quantitative estimate of drug-likeness (QED) is 0.508.